The van der Waals surface area contributed by atoms with Crippen molar-refractivity contribution in [2.75, 3.05) is 11.9 Å². The van der Waals surface area contributed by atoms with Crippen molar-refractivity contribution >= 4 is 11.6 Å². The molecule has 1 heterocycles. The van der Waals surface area contributed by atoms with E-state index in [4.69, 9.17) is 0 Å². The van der Waals surface area contributed by atoms with Crippen LogP contribution in [0.1, 0.15) is 23.1 Å². The van der Waals surface area contributed by atoms with E-state index in [1.165, 1.54) is 6.33 Å². The lowest BCUT2D eigenvalue weighted by molar-refractivity contribution is 0.101. The number of rotatable bonds is 5. The van der Waals surface area contributed by atoms with E-state index in [2.05, 4.69) is 32.7 Å². The van der Waals surface area contributed by atoms with Gasteiger partial charge in [0, 0.05) is 12.2 Å². The van der Waals surface area contributed by atoms with E-state index >= 15 is 0 Å². The first kappa shape index (κ1) is 12.3. The van der Waals surface area contributed by atoms with Crippen LogP contribution in [0, 0.1) is 0 Å². The molecule has 94 valence electrons. The zero-order chi connectivity index (χ0) is 12.8. The Balaban J connectivity index is 2.03. The highest BCUT2D eigenvalue weighted by Gasteiger charge is 2.08. The molecule has 0 fully saturated rings. The number of amides is 1. The minimum absolute atomic E-state index is 0.201. The number of nitrogens with one attached hydrogen (secondary N) is 3. The van der Waals surface area contributed by atoms with Crippen LogP contribution in [0.5, 0.6) is 0 Å². The van der Waals surface area contributed by atoms with E-state index in [-0.39, 0.29) is 11.7 Å². The van der Waals surface area contributed by atoms with E-state index in [1.807, 2.05) is 24.3 Å². The summed E-state index contributed by atoms with van der Waals surface area (Å²) in [6.45, 7) is 3.74. The van der Waals surface area contributed by atoms with Crippen LogP contribution in [0.3, 0.4) is 0 Å². The van der Waals surface area contributed by atoms with Gasteiger partial charge in [0.25, 0.3) is 5.91 Å². The van der Waals surface area contributed by atoms with Crippen LogP contribution in [0.15, 0.2) is 30.6 Å². The summed E-state index contributed by atoms with van der Waals surface area (Å²) >= 11 is 0. The van der Waals surface area contributed by atoms with Gasteiger partial charge in [0.1, 0.15) is 6.33 Å². The van der Waals surface area contributed by atoms with Gasteiger partial charge in [-0.2, -0.15) is 5.10 Å². The molecule has 6 nitrogen and oxygen atoms in total. The van der Waals surface area contributed by atoms with E-state index in [0.717, 1.165) is 24.3 Å². The molecule has 0 spiro atoms. The van der Waals surface area contributed by atoms with Crippen LogP contribution >= 0.6 is 0 Å². The molecule has 2 aromatic rings. The maximum atomic E-state index is 11.7. The molecule has 6 heteroatoms. The third-order valence-corrected chi connectivity index (χ3v) is 2.39. The maximum absolute atomic E-state index is 11.7. The first-order valence-electron chi connectivity index (χ1n) is 5.76. The van der Waals surface area contributed by atoms with Crippen molar-refractivity contribution in [3.8, 4) is 0 Å². The number of benzene rings is 1. The predicted molar refractivity (Wildman–Crippen MR) is 68.2 cm³/mol. The lowest BCUT2D eigenvalue weighted by atomic mass is 10.2. The van der Waals surface area contributed by atoms with Crippen LogP contribution in [0.25, 0.3) is 0 Å². The van der Waals surface area contributed by atoms with Crippen molar-refractivity contribution in [3.05, 3.63) is 42.0 Å². The zero-order valence-electron chi connectivity index (χ0n) is 10.1. The van der Waals surface area contributed by atoms with Gasteiger partial charge in [0.15, 0.2) is 0 Å². The van der Waals surface area contributed by atoms with Crippen LogP contribution in [-0.2, 0) is 6.54 Å². The fraction of sp³-hybridized carbons (Fsp3) is 0.250. The highest BCUT2D eigenvalue weighted by Crippen LogP contribution is 2.11. The molecule has 0 saturated carbocycles. The summed E-state index contributed by atoms with van der Waals surface area (Å²) in [4.78, 5) is 15.5. The number of hydrogen-bond donors (Lipinski definition) is 3. The molecule has 0 bridgehead atoms. The molecular weight excluding hydrogens is 230 g/mol. The van der Waals surface area contributed by atoms with Gasteiger partial charge in [0.05, 0.1) is 0 Å². The summed E-state index contributed by atoms with van der Waals surface area (Å²) < 4.78 is 0. The first-order valence-corrected chi connectivity index (χ1v) is 5.76. The summed E-state index contributed by atoms with van der Waals surface area (Å²) in [6.07, 6.45) is 1.30. The molecular formula is C12H15N5O. The van der Waals surface area contributed by atoms with E-state index in [0.29, 0.717) is 0 Å². The predicted octanol–water partition coefficient (Wildman–Crippen LogP) is 1.17. The summed E-state index contributed by atoms with van der Waals surface area (Å²) in [6, 6.07) is 7.68. The second kappa shape index (κ2) is 5.92. The fourth-order valence-corrected chi connectivity index (χ4v) is 1.53. The van der Waals surface area contributed by atoms with Crippen molar-refractivity contribution in [1.29, 1.82) is 0 Å². The standard InChI is InChI=1S/C12H15N5O/c1-2-13-7-9-4-3-5-10(6-9)16-12(18)11-14-8-15-17-11/h3-6,8,13H,2,7H2,1H3,(H,16,18)(H,14,15,17). The van der Waals surface area contributed by atoms with Crippen LogP contribution in [-0.4, -0.2) is 27.6 Å². The van der Waals surface area contributed by atoms with Gasteiger partial charge in [-0.1, -0.05) is 19.1 Å². The van der Waals surface area contributed by atoms with E-state index in [9.17, 15) is 4.79 Å². The molecule has 0 aliphatic carbocycles. The highest BCUT2D eigenvalue weighted by atomic mass is 16.2. The van der Waals surface area contributed by atoms with E-state index < -0.39 is 0 Å². The average Bonchev–Trinajstić information content (AvgIpc) is 2.91. The average molecular weight is 245 g/mol. The minimum atomic E-state index is -0.298. The number of H-pyrrole nitrogens is 1. The third-order valence-electron chi connectivity index (χ3n) is 2.39. The van der Waals surface area contributed by atoms with Gasteiger partial charge in [-0.15, -0.1) is 0 Å². The van der Waals surface area contributed by atoms with Gasteiger partial charge in [-0.3, -0.25) is 9.89 Å². The molecule has 0 aliphatic heterocycles. The van der Waals surface area contributed by atoms with Crippen molar-refractivity contribution in [1.82, 2.24) is 20.5 Å². The van der Waals surface area contributed by atoms with Crippen LogP contribution in [0.2, 0.25) is 0 Å². The summed E-state index contributed by atoms with van der Waals surface area (Å²) in [7, 11) is 0. The second-order valence-corrected chi connectivity index (χ2v) is 3.77. The molecule has 0 aliphatic rings. The monoisotopic (exact) mass is 245 g/mol. The molecule has 0 saturated heterocycles. The van der Waals surface area contributed by atoms with Gasteiger partial charge in [-0.05, 0) is 24.2 Å². The molecule has 1 amide bonds. The Kier molecular flexibility index (Phi) is 4.03. The van der Waals surface area contributed by atoms with Gasteiger partial charge < -0.3 is 10.6 Å². The summed E-state index contributed by atoms with van der Waals surface area (Å²) in [5, 5.41) is 12.1. The van der Waals surface area contributed by atoms with Crippen molar-refractivity contribution in [3.63, 3.8) is 0 Å². The lowest BCUT2D eigenvalue weighted by Gasteiger charge is -2.06. The molecule has 2 rings (SSSR count). The number of aromatic nitrogens is 3. The Morgan fingerprint density at radius 2 is 2.33 bits per heavy atom. The molecule has 0 unspecified atom stereocenters. The SMILES string of the molecule is CCNCc1cccc(NC(=O)c2ncn[nH]2)c1. The number of carbonyl (C=O) groups excluding carboxylic acids is 1. The van der Waals surface area contributed by atoms with Gasteiger partial charge in [0.2, 0.25) is 5.82 Å². The third kappa shape index (κ3) is 3.14. The number of hydrogen-bond acceptors (Lipinski definition) is 4. The number of carbonyl (C=O) groups is 1. The largest absolute Gasteiger partial charge is 0.319 e. The number of anilines is 1. The quantitative estimate of drug-likeness (QED) is 0.738. The summed E-state index contributed by atoms with van der Waals surface area (Å²) in [5.41, 5.74) is 1.86. The van der Waals surface area contributed by atoms with Gasteiger partial charge >= 0.3 is 0 Å². The Morgan fingerprint density at radius 1 is 1.44 bits per heavy atom. The van der Waals surface area contributed by atoms with Gasteiger partial charge in [-0.25, -0.2) is 4.98 Å². The second-order valence-electron chi connectivity index (χ2n) is 3.77. The summed E-state index contributed by atoms with van der Waals surface area (Å²) in [5.74, 6) is -0.0970. The zero-order valence-corrected chi connectivity index (χ0v) is 10.1. The molecule has 1 aromatic carbocycles. The van der Waals surface area contributed by atoms with Crippen molar-refractivity contribution in [2.45, 2.75) is 13.5 Å². The molecule has 18 heavy (non-hydrogen) atoms. The van der Waals surface area contributed by atoms with Crippen LogP contribution < -0.4 is 10.6 Å². The highest BCUT2D eigenvalue weighted by molar-refractivity contribution is 6.01. The van der Waals surface area contributed by atoms with E-state index in [1.54, 1.807) is 0 Å². The Bertz CT molecular complexity index is 509. The topological polar surface area (TPSA) is 82.7 Å². The Hall–Kier alpha value is -2.21. The Labute approximate surface area is 105 Å². The minimum Gasteiger partial charge on any atom is -0.319 e. The first-order chi connectivity index (χ1) is 8.79. The smallest absolute Gasteiger partial charge is 0.292 e. The molecule has 1 aromatic heterocycles. The number of nitrogens with zero attached hydrogens (tertiary/aromatic N) is 2. The Morgan fingerprint density at radius 3 is 3.06 bits per heavy atom. The fourth-order valence-electron chi connectivity index (χ4n) is 1.53. The lowest BCUT2D eigenvalue weighted by Crippen LogP contribution is -2.15. The molecule has 3 N–H and O–H groups in total. The molecule has 0 atom stereocenters. The normalized spacial score (nSPS) is 10.3. The van der Waals surface area contributed by atoms with Crippen LogP contribution in [0.4, 0.5) is 5.69 Å². The number of aromatic amines is 1. The molecule has 0 radical (unpaired) electrons. The van der Waals surface area contributed by atoms with Crippen molar-refractivity contribution < 1.29 is 4.79 Å². The maximum Gasteiger partial charge on any atom is 0.292 e. The van der Waals surface area contributed by atoms with Crippen molar-refractivity contribution in [2.24, 2.45) is 0 Å².